The van der Waals surface area contributed by atoms with E-state index in [1.807, 2.05) is 0 Å². The SMILES string of the molecule is COCC(NC(=O)Nc1c(F)cc(F)cc1Br)C1CC1. The Morgan fingerprint density at radius 2 is 2.20 bits per heavy atom. The minimum absolute atomic E-state index is 0.0872. The Morgan fingerprint density at radius 3 is 2.75 bits per heavy atom. The molecule has 2 N–H and O–H groups in total. The van der Waals surface area contributed by atoms with Gasteiger partial charge in [-0.1, -0.05) is 0 Å². The van der Waals surface area contributed by atoms with Crippen LogP contribution in [0.25, 0.3) is 0 Å². The second-order valence-corrected chi connectivity index (χ2v) is 5.60. The van der Waals surface area contributed by atoms with E-state index >= 15 is 0 Å². The molecule has 0 aromatic heterocycles. The smallest absolute Gasteiger partial charge is 0.319 e. The van der Waals surface area contributed by atoms with Crippen LogP contribution in [0.1, 0.15) is 12.8 Å². The minimum Gasteiger partial charge on any atom is -0.383 e. The molecule has 0 radical (unpaired) electrons. The van der Waals surface area contributed by atoms with E-state index in [4.69, 9.17) is 4.74 Å². The number of rotatable bonds is 5. The molecule has 1 saturated carbocycles. The van der Waals surface area contributed by atoms with Gasteiger partial charge in [-0.2, -0.15) is 0 Å². The van der Waals surface area contributed by atoms with Crippen molar-refractivity contribution in [2.24, 2.45) is 5.92 Å². The van der Waals surface area contributed by atoms with Crippen molar-refractivity contribution in [2.45, 2.75) is 18.9 Å². The van der Waals surface area contributed by atoms with Gasteiger partial charge in [0.1, 0.15) is 5.82 Å². The first kappa shape index (κ1) is 15.2. The molecule has 0 bridgehead atoms. The van der Waals surface area contributed by atoms with E-state index in [2.05, 4.69) is 26.6 Å². The summed E-state index contributed by atoms with van der Waals surface area (Å²) >= 11 is 3.02. The first-order chi connectivity index (χ1) is 9.51. The number of nitrogens with one attached hydrogen (secondary N) is 2. The summed E-state index contributed by atoms with van der Waals surface area (Å²) in [5, 5.41) is 5.12. The summed E-state index contributed by atoms with van der Waals surface area (Å²) in [6, 6.07) is 1.17. The topological polar surface area (TPSA) is 50.4 Å². The Kier molecular flexibility index (Phi) is 4.93. The highest BCUT2D eigenvalue weighted by atomic mass is 79.9. The molecule has 7 heteroatoms. The van der Waals surface area contributed by atoms with Crippen molar-refractivity contribution in [3.05, 3.63) is 28.2 Å². The number of hydrogen-bond acceptors (Lipinski definition) is 2. The fourth-order valence-electron chi connectivity index (χ4n) is 1.95. The van der Waals surface area contributed by atoms with Crippen LogP contribution in [0.15, 0.2) is 16.6 Å². The molecule has 4 nitrogen and oxygen atoms in total. The van der Waals surface area contributed by atoms with Gasteiger partial charge in [0.25, 0.3) is 0 Å². The summed E-state index contributed by atoms with van der Waals surface area (Å²) in [7, 11) is 1.56. The average molecular weight is 349 g/mol. The van der Waals surface area contributed by atoms with E-state index in [0.717, 1.165) is 18.9 Å². The lowest BCUT2D eigenvalue weighted by Crippen LogP contribution is -2.42. The van der Waals surface area contributed by atoms with Crippen LogP contribution in [0.2, 0.25) is 0 Å². The highest BCUT2D eigenvalue weighted by Gasteiger charge is 2.32. The fourth-order valence-corrected chi connectivity index (χ4v) is 2.46. The Hall–Kier alpha value is -1.21. The molecule has 1 unspecified atom stereocenters. The first-order valence-corrected chi connectivity index (χ1v) is 7.01. The van der Waals surface area contributed by atoms with Crippen molar-refractivity contribution in [1.82, 2.24) is 5.32 Å². The zero-order valence-electron chi connectivity index (χ0n) is 10.9. The van der Waals surface area contributed by atoms with Gasteiger partial charge in [-0.05, 0) is 40.8 Å². The van der Waals surface area contributed by atoms with Crippen LogP contribution in [0.4, 0.5) is 19.3 Å². The fraction of sp³-hybridized carbons (Fsp3) is 0.462. The molecule has 0 spiro atoms. The Morgan fingerprint density at radius 1 is 1.50 bits per heavy atom. The van der Waals surface area contributed by atoms with E-state index in [9.17, 15) is 13.6 Å². The van der Waals surface area contributed by atoms with Crippen molar-refractivity contribution < 1.29 is 18.3 Å². The van der Waals surface area contributed by atoms with Crippen molar-refractivity contribution in [3.8, 4) is 0 Å². The van der Waals surface area contributed by atoms with Crippen molar-refractivity contribution >= 4 is 27.6 Å². The van der Waals surface area contributed by atoms with Crippen LogP contribution in [-0.2, 0) is 4.74 Å². The summed E-state index contributed by atoms with van der Waals surface area (Å²) in [6.07, 6.45) is 2.09. The molecule has 1 aromatic rings. The number of ether oxygens (including phenoxy) is 1. The van der Waals surface area contributed by atoms with E-state index in [1.54, 1.807) is 7.11 Å². The van der Waals surface area contributed by atoms with Crippen molar-refractivity contribution in [3.63, 3.8) is 0 Å². The number of benzene rings is 1. The van der Waals surface area contributed by atoms with Gasteiger partial charge in [0.05, 0.1) is 18.3 Å². The lowest BCUT2D eigenvalue weighted by atomic mass is 10.2. The van der Waals surface area contributed by atoms with E-state index in [0.29, 0.717) is 18.6 Å². The monoisotopic (exact) mass is 348 g/mol. The van der Waals surface area contributed by atoms with Gasteiger partial charge >= 0.3 is 6.03 Å². The maximum Gasteiger partial charge on any atom is 0.319 e. The lowest BCUT2D eigenvalue weighted by molar-refractivity contribution is 0.159. The molecular formula is C13H15BrF2N2O2. The Labute approximate surface area is 124 Å². The van der Waals surface area contributed by atoms with Crippen molar-refractivity contribution in [1.29, 1.82) is 0 Å². The van der Waals surface area contributed by atoms with E-state index < -0.39 is 17.7 Å². The van der Waals surface area contributed by atoms with Gasteiger partial charge in [-0.3, -0.25) is 0 Å². The molecule has 0 saturated heterocycles. The van der Waals surface area contributed by atoms with Crippen LogP contribution >= 0.6 is 15.9 Å². The van der Waals surface area contributed by atoms with Crippen LogP contribution in [0, 0.1) is 17.6 Å². The quantitative estimate of drug-likeness (QED) is 0.857. The van der Waals surface area contributed by atoms with Crippen LogP contribution in [0.3, 0.4) is 0 Å². The summed E-state index contributed by atoms with van der Waals surface area (Å²) in [5.74, 6) is -1.14. The number of hydrogen-bond donors (Lipinski definition) is 2. The number of carbonyl (C=O) groups excluding carboxylic acids is 1. The molecule has 110 valence electrons. The van der Waals surface area contributed by atoms with E-state index in [-0.39, 0.29) is 16.2 Å². The summed E-state index contributed by atoms with van der Waals surface area (Å²) < 4.78 is 31.7. The van der Waals surface area contributed by atoms with Gasteiger partial charge in [0.2, 0.25) is 0 Å². The third kappa shape index (κ3) is 3.89. The molecular weight excluding hydrogens is 334 g/mol. The number of anilines is 1. The molecule has 1 aliphatic rings. The maximum atomic E-state index is 13.6. The number of halogens is 3. The second-order valence-electron chi connectivity index (χ2n) is 4.74. The standard InChI is InChI=1S/C13H15BrF2N2O2/c1-20-6-11(7-2-3-7)17-13(19)18-12-9(14)4-8(15)5-10(12)16/h4-5,7,11H,2-3,6H2,1H3,(H2,17,18,19). The summed E-state index contributed by atoms with van der Waals surface area (Å²) in [6.45, 7) is 0.408. The summed E-state index contributed by atoms with van der Waals surface area (Å²) in [4.78, 5) is 11.9. The predicted octanol–water partition coefficient (Wildman–Crippen LogP) is 3.27. The highest BCUT2D eigenvalue weighted by molar-refractivity contribution is 9.10. The first-order valence-electron chi connectivity index (χ1n) is 6.22. The largest absolute Gasteiger partial charge is 0.383 e. The molecule has 20 heavy (non-hydrogen) atoms. The zero-order chi connectivity index (χ0) is 14.7. The molecule has 2 rings (SSSR count). The highest BCUT2D eigenvalue weighted by Crippen LogP contribution is 2.33. The molecule has 1 atom stereocenters. The van der Waals surface area contributed by atoms with Crippen LogP contribution < -0.4 is 10.6 Å². The molecule has 1 aliphatic carbocycles. The molecule has 0 heterocycles. The number of methoxy groups -OCH3 is 1. The Bertz CT molecular complexity index is 486. The van der Waals surface area contributed by atoms with Crippen LogP contribution in [-0.4, -0.2) is 25.8 Å². The maximum absolute atomic E-state index is 13.6. The third-order valence-corrected chi connectivity index (χ3v) is 3.72. The predicted molar refractivity (Wildman–Crippen MR) is 74.6 cm³/mol. The Balaban J connectivity index is 2.00. The normalized spacial score (nSPS) is 15.8. The van der Waals surface area contributed by atoms with Gasteiger partial charge in [-0.25, -0.2) is 13.6 Å². The van der Waals surface area contributed by atoms with Gasteiger partial charge in [0, 0.05) is 17.6 Å². The third-order valence-electron chi connectivity index (χ3n) is 3.10. The molecule has 1 aromatic carbocycles. The van der Waals surface area contributed by atoms with E-state index in [1.165, 1.54) is 0 Å². The zero-order valence-corrected chi connectivity index (χ0v) is 12.5. The number of amides is 2. The average Bonchev–Trinajstić information content (AvgIpc) is 3.17. The van der Waals surface area contributed by atoms with Gasteiger partial charge < -0.3 is 15.4 Å². The molecule has 1 fully saturated rings. The minimum atomic E-state index is -0.832. The molecule has 2 amide bonds. The lowest BCUT2D eigenvalue weighted by Gasteiger charge is -2.18. The van der Waals surface area contributed by atoms with Gasteiger partial charge in [0.15, 0.2) is 5.82 Å². The number of carbonyl (C=O) groups is 1. The summed E-state index contributed by atoms with van der Waals surface area (Å²) in [5.41, 5.74) is -0.0872. The van der Waals surface area contributed by atoms with Gasteiger partial charge in [-0.15, -0.1) is 0 Å². The van der Waals surface area contributed by atoms with Crippen molar-refractivity contribution in [2.75, 3.05) is 19.0 Å². The molecule has 0 aliphatic heterocycles. The second kappa shape index (κ2) is 6.49. The van der Waals surface area contributed by atoms with Crippen LogP contribution in [0.5, 0.6) is 0 Å². The number of urea groups is 1.